The Hall–Kier alpha value is -2.54. The van der Waals surface area contributed by atoms with E-state index in [1.807, 2.05) is 0 Å². The number of benzene rings is 2. The first-order valence-electron chi connectivity index (χ1n) is 7.13. The van der Waals surface area contributed by atoms with E-state index in [2.05, 4.69) is 5.32 Å². The molecule has 0 fully saturated rings. The van der Waals surface area contributed by atoms with Gasteiger partial charge in [-0.1, -0.05) is 34.8 Å². The van der Waals surface area contributed by atoms with Crippen molar-refractivity contribution in [2.24, 2.45) is 0 Å². The summed E-state index contributed by atoms with van der Waals surface area (Å²) in [6.45, 7) is 0. The first kappa shape index (κ1) is 18.3. The minimum absolute atomic E-state index is 0.0851. The first-order chi connectivity index (χ1) is 12.3. The molecule has 0 saturated carbocycles. The molecule has 1 aliphatic rings. The smallest absolute Gasteiger partial charge is 0.335 e. The molecular formula is C17H9Cl3N2O4. The average molecular weight is 412 g/mol. The lowest BCUT2D eigenvalue weighted by molar-refractivity contribution is -0.120. The van der Waals surface area contributed by atoms with Crippen molar-refractivity contribution in [1.29, 1.82) is 0 Å². The van der Waals surface area contributed by atoms with E-state index in [1.54, 1.807) is 0 Å². The van der Waals surface area contributed by atoms with Crippen molar-refractivity contribution in [3.8, 4) is 0 Å². The number of imide groups is 1. The van der Waals surface area contributed by atoms with E-state index in [0.29, 0.717) is 5.69 Å². The second kappa shape index (κ2) is 6.99. The van der Waals surface area contributed by atoms with Crippen molar-refractivity contribution in [2.75, 3.05) is 10.2 Å². The fourth-order valence-electron chi connectivity index (χ4n) is 2.31. The molecule has 2 amide bonds. The van der Waals surface area contributed by atoms with Gasteiger partial charge in [-0.2, -0.15) is 0 Å². The van der Waals surface area contributed by atoms with E-state index in [1.165, 1.54) is 42.5 Å². The Morgan fingerprint density at radius 2 is 1.58 bits per heavy atom. The Labute approximate surface area is 162 Å². The maximum atomic E-state index is 12.6. The number of carboxylic acids is 1. The van der Waals surface area contributed by atoms with Crippen LogP contribution >= 0.6 is 34.8 Å². The van der Waals surface area contributed by atoms with Gasteiger partial charge in [0.15, 0.2) is 0 Å². The number of amides is 2. The number of hydrogen-bond donors (Lipinski definition) is 2. The minimum atomic E-state index is -1.08. The lowest BCUT2D eigenvalue weighted by Crippen LogP contribution is -2.32. The number of nitrogens with one attached hydrogen (secondary N) is 1. The number of carboxylic acid groups (broad SMARTS) is 1. The van der Waals surface area contributed by atoms with E-state index in [4.69, 9.17) is 39.9 Å². The van der Waals surface area contributed by atoms with Crippen LogP contribution in [-0.4, -0.2) is 22.9 Å². The summed E-state index contributed by atoms with van der Waals surface area (Å²) in [4.78, 5) is 36.8. The fraction of sp³-hybridized carbons (Fsp3) is 0. The lowest BCUT2D eigenvalue weighted by atomic mass is 10.2. The van der Waals surface area contributed by atoms with Crippen LogP contribution < -0.4 is 10.2 Å². The lowest BCUT2D eigenvalue weighted by Gasteiger charge is -2.15. The van der Waals surface area contributed by atoms with Crippen LogP contribution in [0, 0.1) is 0 Å². The molecule has 0 aliphatic carbocycles. The van der Waals surface area contributed by atoms with Gasteiger partial charge in [-0.3, -0.25) is 9.59 Å². The molecule has 1 heterocycles. The van der Waals surface area contributed by atoms with Gasteiger partial charge in [0.25, 0.3) is 11.8 Å². The van der Waals surface area contributed by atoms with Gasteiger partial charge in [0.2, 0.25) is 0 Å². The molecule has 2 aromatic carbocycles. The molecule has 0 saturated heterocycles. The zero-order chi connectivity index (χ0) is 19.0. The molecule has 132 valence electrons. The van der Waals surface area contributed by atoms with Crippen molar-refractivity contribution in [3.05, 3.63) is 68.8 Å². The highest BCUT2D eigenvalue weighted by Crippen LogP contribution is 2.33. The predicted molar refractivity (Wildman–Crippen MR) is 98.9 cm³/mol. The molecule has 1 aliphatic heterocycles. The highest BCUT2D eigenvalue weighted by molar-refractivity contribution is 6.53. The standard InChI is InChI=1S/C17H9Cl3N2O4/c18-11-6-5-10(7-12(11)19)22-15(23)13(20)14(16(22)24)21-9-3-1-8(2-4-9)17(25)26/h1-7,21H,(H,25,26). The predicted octanol–water partition coefficient (Wildman–Crippen LogP) is 4.13. The van der Waals surface area contributed by atoms with Crippen LogP contribution in [0.1, 0.15) is 10.4 Å². The van der Waals surface area contributed by atoms with Crippen LogP contribution in [0.5, 0.6) is 0 Å². The molecule has 0 unspecified atom stereocenters. The third-order valence-corrected chi connectivity index (χ3v) is 4.68. The maximum Gasteiger partial charge on any atom is 0.335 e. The Morgan fingerprint density at radius 3 is 2.15 bits per heavy atom. The van der Waals surface area contributed by atoms with Gasteiger partial charge in [-0.25, -0.2) is 9.69 Å². The van der Waals surface area contributed by atoms with Crippen molar-refractivity contribution in [3.63, 3.8) is 0 Å². The van der Waals surface area contributed by atoms with Gasteiger partial charge in [0.05, 0.1) is 21.3 Å². The van der Waals surface area contributed by atoms with Crippen LogP contribution in [-0.2, 0) is 9.59 Å². The average Bonchev–Trinajstić information content (AvgIpc) is 2.81. The summed E-state index contributed by atoms with van der Waals surface area (Å²) in [5.41, 5.74) is 0.596. The normalized spacial score (nSPS) is 14.2. The van der Waals surface area contributed by atoms with Crippen LogP contribution in [0.25, 0.3) is 0 Å². The number of carbonyl (C=O) groups excluding carboxylic acids is 2. The van der Waals surface area contributed by atoms with Crippen molar-refractivity contribution < 1.29 is 19.5 Å². The number of rotatable bonds is 4. The summed E-state index contributed by atoms with van der Waals surface area (Å²) in [6, 6.07) is 9.95. The number of halogens is 3. The van der Waals surface area contributed by atoms with Crippen LogP contribution in [0.3, 0.4) is 0 Å². The minimum Gasteiger partial charge on any atom is -0.478 e. The van der Waals surface area contributed by atoms with E-state index in [-0.39, 0.29) is 32.0 Å². The second-order valence-electron chi connectivity index (χ2n) is 5.24. The van der Waals surface area contributed by atoms with Gasteiger partial charge in [0.1, 0.15) is 10.7 Å². The molecule has 0 aromatic heterocycles. The molecule has 2 N–H and O–H groups in total. The summed E-state index contributed by atoms with van der Waals surface area (Å²) in [5, 5.41) is 11.8. The third-order valence-electron chi connectivity index (χ3n) is 3.59. The SMILES string of the molecule is O=C(O)c1ccc(NC2=C(Cl)C(=O)N(c3ccc(Cl)c(Cl)c3)C2=O)cc1. The highest BCUT2D eigenvalue weighted by atomic mass is 35.5. The molecule has 6 nitrogen and oxygen atoms in total. The number of carbonyl (C=O) groups is 3. The molecule has 0 bridgehead atoms. The van der Waals surface area contributed by atoms with Gasteiger partial charge in [-0.05, 0) is 42.5 Å². The Morgan fingerprint density at radius 1 is 0.923 bits per heavy atom. The van der Waals surface area contributed by atoms with Gasteiger partial charge < -0.3 is 10.4 Å². The monoisotopic (exact) mass is 410 g/mol. The highest BCUT2D eigenvalue weighted by Gasteiger charge is 2.39. The van der Waals surface area contributed by atoms with E-state index < -0.39 is 17.8 Å². The molecule has 0 atom stereocenters. The largest absolute Gasteiger partial charge is 0.478 e. The van der Waals surface area contributed by atoms with Crippen LogP contribution in [0.2, 0.25) is 10.0 Å². The summed E-state index contributed by atoms with van der Waals surface area (Å²) in [6.07, 6.45) is 0. The zero-order valence-electron chi connectivity index (χ0n) is 12.8. The molecule has 0 radical (unpaired) electrons. The summed E-state index contributed by atoms with van der Waals surface area (Å²) in [5.74, 6) is -2.45. The molecule has 9 heteroatoms. The number of hydrogen-bond acceptors (Lipinski definition) is 4. The number of anilines is 2. The summed E-state index contributed by atoms with van der Waals surface area (Å²) >= 11 is 17.8. The molecular weight excluding hydrogens is 403 g/mol. The molecule has 3 rings (SSSR count). The van der Waals surface area contributed by atoms with Crippen LogP contribution in [0.4, 0.5) is 11.4 Å². The Kier molecular flexibility index (Phi) is 4.91. The Balaban J connectivity index is 1.88. The van der Waals surface area contributed by atoms with Crippen molar-refractivity contribution >= 4 is 64.0 Å². The molecule has 26 heavy (non-hydrogen) atoms. The van der Waals surface area contributed by atoms with E-state index in [0.717, 1.165) is 4.90 Å². The molecule has 0 spiro atoms. The van der Waals surface area contributed by atoms with Gasteiger partial charge >= 0.3 is 5.97 Å². The van der Waals surface area contributed by atoms with E-state index >= 15 is 0 Å². The maximum absolute atomic E-state index is 12.6. The zero-order valence-corrected chi connectivity index (χ0v) is 15.1. The Bertz CT molecular complexity index is 970. The van der Waals surface area contributed by atoms with Gasteiger partial charge in [0, 0.05) is 5.69 Å². The third kappa shape index (κ3) is 3.26. The van der Waals surface area contributed by atoms with Crippen LogP contribution in [0.15, 0.2) is 53.2 Å². The first-order valence-corrected chi connectivity index (χ1v) is 8.27. The summed E-state index contributed by atoms with van der Waals surface area (Å²) < 4.78 is 0. The topological polar surface area (TPSA) is 86.7 Å². The van der Waals surface area contributed by atoms with E-state index in [9.17, 15) is 14.4 Å². The van der Waals surface area contributed by atoms with Crippen molar-refractivity contribution in [1.82, 2.24) is 0 Å². The number of aromatic carboxylic acids is 1. The second-order valence-corrected chi connectivity index (χ2v) is 6.43. The fourth-order valence-corrected chi connectivity index (χ4v) is 2.82. The quantitative estimate of drug-likeness (QED) is 0.739. The van der Waals surface area contributed by atoms with Gasteiger partial charge in [-0.15, -0.1) is 0 Å². The number of nitrogens with zero attached hydrogens (tertiary/aromatic N) is 1. The molecule has 2 aromatic rings. The summed E-state index contributed by atoms with van der Waals surface area (Å²) in [7, 11) is 0. The van der Waals surface area contributed by atoms with Crippen molar-refractivity contribution in [2.45, 2.75) is 0 Å².